The van der Waals surface area contributed by atoms with Crippen LogP contribution in [0.5, 0.6) is 0 Å². The first-order valence-corrected chi connectivity index (χ1v) is 22.0. The third-order valence-corrected chi connectivity index (χ3v) is 14.1. The van der Waals surface area contributed by atoms with Gasteiger partial charge < -0.3 is 20.9 Å². The summed E-state index contributed by atoms with van der Waals surface area (Å²) in [5.41, 5.74) is 6.18. The van der Waals surface area contributed by atoms with E-state index in [1.54, 1.807) is 24.3 Å². The summed E-state index contributed by atoms with van der Waals surface area (Å²) in [7, 11) is 0. The van der Waals surface area contributed by atoms with Crippen molar-refractivity contribution in [1.29, 1.82) is 0 Å². The molecule has 5 amide bonds. The molecule has 4 aliphatic heterocycles. The summed E-state index contributed by atoms with van der Waals surface area (Å²) in [6.07, 6.45) is 8.88. The van der Waals surface area contributed by atoms with Crippen LogP contribution in [0.3, 0.4) is 0 Å². The van der Waals surface area contributed by atoms with Crippen molar-refractivity contribution >= 4 is 58.2 Å². The standard InChI is InChI=1S/C49H51ClN6O5/c1-30-36-16-11-15-31(37(36)29-56(30)40-23-24-41(57)54-45(40)59)12-7-3-10-27-51-44(58)33-17-20-35(21-18-33)52-46(60)43-42(32-13-5-2-6-14-32)49(48(55-43)25-8-4-9-26-48)38-22-19-34(50)28-39(38)53-47(49)61/h2,5-6,11,13-22,28,40,42-43,55H,1,3-4,7-10,12,23-27,29H2,(H,51,58)(H,52,60)(H,53,61)(H,54,57,59)/t40?,42-,43+,49+/m0/s1. The fourth-order valence-electron chi connectivity index (χ4n) is 11.0. The first kappa shape index (κ1) is 40.6. The van der Waals surface area contributed by atoms with E-state index in [0.717, 1.165) is 80.2 Å². The highest BCUT2D eigenvalue weighted by atomic mass is 35.5. The second-order valence-electron chi connectivity index (χ2n) is 17.2. The van der Waals surface area contributed by atoms with Gasteiger partial charge in [0.05, 0.1) is 6.04 Å². The number of aryl methyl sites for hydroxylation is 1. The highest BCUT2D eigenvalue weighted by Crippen LogP contribution is 2.62. The number of nitrogens with one attached hydrogen (secondary N) is 5. The molecule has 1 saturated carbocycles. The van der Waals surface area contributed by atoms with Crippen LogP contribution in [0, 0.1) is 0 Å². The van der Waals surface area contributed by atoms with Crippen molar-refractivity contribution in [3.63, 3.8) is 0 Å². The Bertz CT molecular complexity index is 2410. The zero-order valence-corrected chi connectivity index (χ0v) is 34.9. The molecule has 2 spiro atoms. The highest BCUT2D eigenvalue weighted by Gasteiger charge is 2.72. The largest absolute Gasteiger partial charge is 0.355 e. The Hall–Kier alpha value is -5.78. The van der Waals surface area contributed by atoms with E-state index in [1.807, 2.05) is 65.6 Å². The molecule has 4 atom stereocenters. The molecule has 12 heteroatoms. The zero-order valence-electron chi connectivity index (χ0n) is 34.2. The fourth-order valence-corrected chi connectivity index (χ4v) is 11.2. The average Bonchev–Trinajstić information content (AvgIpc) is 3.86. The lowest BCUT2D eigenvalue weighted by Gasteiger charge is -2.47. The van der Waals surface area contributed by atoms with E-state index < -0.39 is 29.0 Å². The van der Waals surface area contributed by atoms with Gasteiger partial charge in [0.25, 0.3) is 5.91 Å². The summed E-state index contributed by atoms with van der Waals surface area (Å²) < 4.78 is 0. The lowest BCUT2D eigenvalue weighted by molar-refractivity contribution is -0.136. The summed E-state index contributed by atoms with van der Waals surface area (Å²) in [5.74, 6) is -1.50. The smallest absolute Gasteiger partial charge is 0.251 e. The van der Waals surface area contributed by atoms with Crippen LogP contribution < -0.4 is 26.6 Å². The number of hydrogen-bond acceptors (Lipinski definition) is 7. The van der Waals surface area contributed by atoms with Gasteiger partial charge in [-0.1, -0.05) is 98.5 Å². The van der Waals surface area contributed by atoms with E-state index in [9.17, 15) is 24.0 Å². The maximum Gasteiger partial charge on any atom is 0.251 e. The fraction of sp³-hybridized carbons (Fsp3) is 0.367. The van der Waals surface area contributed by atoms with E-state index >= 15 is 0 Å². The topological polar surface area (TPSA) is 149 Å². The molecule has 0 bridgehead atoms. The summed E-state index contributed by atoms with van der Waals surface area (Å²) in [4.78, 5) is 68.5. The Kier molecular flexibility index (Phi) is 11.0. The van der Waals surface area contributed by atoms with Gasteiger partial charge in [-0.3, -0.25) is 34.6 Å². The van der Waals surface area contributed by atoms with Gasteiger partial charge in [-0.15, -0.1) is 0 Å². The molecule has 3 fully saturated rings. The second-order valence-corrected chi connectivity index (χ2v) is 17.7. The van der Waals surface area contributed by atoms with E-state index in [-0.39, 0.29) is 29.5 Å². The van der Waals surface area contributed by atoms with Gasteiger partial charge in [0.1, 0.15) is 11.5 Å². The molecule has 2 saturated heterocycles. The molecule has 1 aliphatic carbocycles. The van der Waals surface area contributed by atoms with Crippen molar-refractivity contribution in [3.8, 4) is 0 Å². The number of carbonyl (C=O) groups is 5. The zero-order chi connectivity index (χ0) is 42.3. The summed E-state index contributed by atoms with van der Waals surface area (Å²) >= 11 is 6.43. The Balaban J connectivity index is 0.816. The number of imide groups is 1. The Morgan fingerprint density at radius 1 is 0.869 bits per heavy atom. The third kappa shape index (κ3) is 7.21. The van der Waals surface area contributed by atoms with Crippen LogP contribution in [0.4, 0.5) is 11.4 Å². The number of rotatable bonds is 11. The summed E-state index contributed by atoms with van der Waals surface area (Å²) in [5, 5.41) is 16.1. The molecule has 61 heavy (non-hydrogen) atoms. The lowest BCUT2D eigenvalue weighted by atomic mass is 9.55. The van der Waals surface area contributed by atoms with Crippen molar-refractivity contribution in [3.05, 3.63) is 136 Å². The molecule has 4 aromatic rings. The monoisotopic (exact) mass is 838 g/mol. The normalized spacial score (nSPS) is 23.8. The minimum atomic E-state index is -1.03. The van der Waals surface area contributed by atoms with Crippen LogP contribution in [0.1, 0.15) is 108 Å². The van der Waals surface area contributed by atoms with Crippen LogP contribution in [0.15, 0.2) is 97.6 Å². The Morgan fingerprint density at radius 2 is 1.66 bits per heavy atom. The first-order chi connectivity index (χ1) is 29.6. The quantitative estimate of drug-likeness (QED) is 0.0784. The van der Waals surface area contributed by atoms with Gasteiger partial charge in [-0.25, -0.2) is 0 Å². The summed E-state index contributed by atoms with van der Waals surface area (Å²) in [6.45, 7) is 5.41. The molecule has 4 aromatic carbocycles. The van der Waals surface area contributed by atoms with Gasteiger partial charge >= 0.3 is 0 Å². The lowest BCUT2D eigenvalue weighted by Crippen LogP contribution is -2.60. The van der Waals surface area contributed by atoms with E-state index in [1.165, 1.54) is 11.1 Å². The molecule has 0 aromatic heterocycles. The predicted octanol–water partition coefficient (Wildman–Crippen LogP) is 7.36. The highest BCUT2D eigenvalue weighted by molar-refractivity contribution is 6.31. The second kappa shape index (κ2) is 16.6. The summed E-state index contributed by atoms with van der Waals surface area (Å²) in [6, 6.07) is 27.5. The van der Waals surface area contributed by atoms with Gasteiger partial charge in [0.15, 0.2) is 0 Å². The number of anilines is 2. The van der Waals surface area contributed by atoms with Crippen LogP contribution in [0.2, 0.25) is 5.02 Å². The molecule has 0 radical (unpaired) electrons. The number of amides is 5. The number of hydrogen-bond donors (Lipinski definition) is 5. The molecular formula is C49H51ClN6O5. The number of piperidine rings is 1. The molecule has 11 nitrogen and oxygen atoms in total. The number of benzene rings is 4. The van der Waals surface area contributed by atoms with Crippen molar-refractivity contribution in [2.24, 2.45) is 0 Å². The molecule has 5 aliphatic rings. The van der Waals surface area contributed by atoms with Crippen molar-refractivity contribution in [1.82, 2.24) is 20.9 Å². The minimum Gasteiger partial charge on any atom is -0.355 e. The Labute approximate surface area is 361 Å². The van der Waals surface area contributed by atoms with Crippen LogP contribution >= 0.6 is 11.6 Å². The van der Waals surface area contributed by atoms with Gasteiger partial charge in [0.2, 0.25) is 23.6 Å². The van der Waals surface area contributed by atoms with E-state index in [4.69, 9.17) is 11.6 Å². The molecule has 5 N–H and O–H groups in total. The maximum absolute atomic E-state index is 14.6. The number of halogens is 1. The minimum absolute atomic E-state index is 0.107. The average molecular weight is 839 g/mol. The Morgan fingerprint density at radius 3 is 2.43 bits per heavy atom. The van der Waals surface area contributed by atoms with Gasteiger partial charge in [-0.2, -0.15) is 0 Å². The van der Waals surface area contributed by atoms with Crippen LogP contribution in [0.25, 0.3) is 5.70 Å². The van der Waals surface area contributed by atoms with Crippen molar-refractivity contribution in [2.75, 3.05) is 17.2 Å². The van der Waals surface area contributed by atoms with Gasteiger partial charge in [0, 0.05) is 64.2 Å². The molecular weight excluding hydrogens is 788 g/mol. The van der Waals surface area contributed by atoms with Crippen molar-refractivity contribution in [2.45, 2.75) is 106 Å². The van der Waals surface area contributed by atoms with Crippen molar-refractivity contribution < 1.29 is 24.0 Å². The third-order valence-electron chi connectivity index (χ3n) is 13.8. The predicted molar refractivity (Wildman–Crippen MR) is 236 cm³/mol. The maximum atomic E-state index is 14.6. The molecule has 4 heterocycles. The van der Waals surface area contributed by atoms with Crippen LogP contribution in [-0.2, 0) is 37.6 Å². The van der Waals surface area contributed by atoms with Crippen LogP contribution in [-0.4, -0.2) is 58.6 Å². The molecule has 9 rings (SSSR count). The SMILES string of the molecule is C=C1c2cccc(CCCCCNC(=O)c3ccc(NC(=O)[C@@H]4NC5(CCCCC5)[C@@]5(C(=O)Nc6cc(Cl)ccc65)[C@H]4c4ccccc4)cc3)c2CN1C1CCC(=O)NC1=O. The molecule has 314 valence electrons. The molecule has 1 unspecified atom stereocenters. The van der Waals surface area contributed by atoms with E-state index in [0.29, 0.717) is 47.9 Å². The number of fused-ring (bicyclic) bond motifs is 4. The first-order valence-electron chi connectivity index (χ1n) is 21.6. The van der Waals surface area contributed by atoms with Gasteiger partial charge in [-0.05, 0) is 97.2 Å². The van der Waals surface area contributed by atoms with E-state index in [2.05, 4.69) is 39.2 Å². The number of unbranched alkanes of at least 4 members (excludes halogenated alkanes) is 2. The number of nitrogens with zero attached hydrogens (tertiary/aromatic N) is 1. The number of carbonyl (C=O) groups excluding carboxylic acids is 5.